The first-order valence-electron chi connectivity index (χ1n) is 7.98. The Morgan fingerprint density at radius 2 is 1.88 bits per heavy atom. The highest BCUT2D eigenvalue weighted by Gasteiger charge is 2.18. The zero-order valence-corrected chi connectivity index (χ0v) is 15.0. The third kappa shape index (κ3) is 4.41. The van der Waals surface area contributed by atoms with Gasteiger partial charge in [-0.25, -0.2) is 0 Å². The van der Waals surface area contributed by atoms with Gasteiger partial charge < -0.3 is 20.1 Å². The van der Waals surface area contributed by atoms with Crippen LogP contribution < -0.4 is 20.1 Å². The summed E-state index contributed by atoms with van der Waals surface area (Å²) in [6, 6.07) is 9.39. The van der Waals surface area contributed by atoms with Gasteiger partial charge in [0.05, 0.1) is 18.1 Å². The lowest BCUT2D eigenvalue weighted by Crippen LogP contribution is -2.17. The van der Waals surface area contributed by atoms with Crippen LogP contribution in [0.5, 0.6) is 11.5 Å². The number of ether oxygens (including phenoxy) is 2. The molecule has 0 aliphatic rings. The van der Waals surface area contributed by atoms with Crippen molar-refractivity contribution in [2.45, 2.75) is 20.0 Å². The summed E-state index contributed by atoms with van der Waals surface area (Å²) in [5.41, 5.74) is 0.867. The van der Waals surface area contributed by atoms with Gasteiger partial charge in [0.25, 0.3) is 11.6 Å². The molecule has 0 fully saturated rings. The monoisotopic (exact) mass is 359 g/mol. The second-order valence-corrected chi connectivity index (χ2v) is 5.73. The standard InChI is InChI=1S/C18H21N3O5/c1-11(2)26-16-8-6-13(10-17(16)25-4)20-14-7-5-12(18(22)19-3)9-15(14)21(23)24/h5-11,20H,1-4H3,(H,19,22). The fourth-order valence-corrected chi connectivity index (χ4v) is 2.33. The van der Waals surface area contributed by atoms with Crippen molar-refractivity contribution < 1.29 is 19.2 Å². The van der Waals surface area contributed by atoms with Crippen molar-refractivity contribution in [3.05, 3.63) is 52.1 Å². The molecule has 0 saturated heterocycles. The minimum Gasteiger partial charge on any atom is -0.493 e. The SMILES string of the molecule is CNC(=O)c1ccc(Nc2ccc(OC(C)C)c(OC)c2)c([N+](=O)[O-])c1. The van der Waals surface area contributed by atoms with Crippen LogP contribution in [0.3, 0.4) is 0 Å². The zero-order chi connectivity index (χ0) is 19.3. The molecule has 26 heavy (non-hydrogen) atoms. The molecule has 0 aliphatic heterocycles. The second-order valence-electron chi connectivity index (χ2n) is 5.73. The van der Waals surface area contributed by atoms with Gasteiger partial charge in [0.2, 0.25) is 0 Å². The fraction of sp³-hybridized carbons (Fsp3) is 0.278. The van der Waals surface area contributed by atoms with Crippen LogP contribution in [0.25, 0.3) is 0 Å². The molecule has 0 aromatic heterocycles. The fourth-order valence-electron chi connectivity index (χ4n) is 2.33. The van der Waals surface area contributed by atoms with Gasteiger partial charge >= 0.3 is 0 Å². The molecular weight excluding hydrogens is 338 g/mol. The number of nitrogens with zero attached hydrogens (tertiary/aromatic N) is 1. The number of hydrogen-bond acceptors (Lipinski definition) is 6. The van der Waals surface area contributed by atoms with E-state index in [0.717, 1.165) is 0 Å². The van der Waals surface area contributed by atoms with Gasteiger partial charge in [-0.15, -0.1) is 0 Å². The number of benzene rings is 2. The van der Waals surface area contributed by atoms with Crippen molar-refractivity contribution in [2.75, 3.05) is 19.5 Å². The summed E-state index contributed by atoms with van der Waals surface area (Å²) in [6.07, 6.45) is -0.0129. The Balaban J connectivity index is 2.35. The van der Waals surface area contributed by atoms with Crippen LogP contribution >= 0.6 is 0 Å². The Morgan fingerprint density at radius 1 is 1.15 bits per heavy atom. The van der Waals surface area contributed by atoms with Crippen LogP contribution in [0.4, 0.5) is 17.1 Å². The van der Waals surface area contributed by atoms with E-state index in [1.165, 1.54) is 32.4 Å². The van der Waals surface area contributed by atoms with E-state index in [4.69, 9.17) is 9.47 Å². The molecule has 2 N–H and O–H groups in total. The molecule has 2 aromatic carbocycles. The molecule has 0 heterocycles. The molecule has 0 aliphatic carbocycles. The number of anilines is 2. The topological polar surface area (TPSA) is 103 Å². The van der Waals surface area contributed by atoms with E-state index >= 15 is 0 Å². The van der Waals surface area contributed by atoms with Crippen LogP contribution in [0.1, 0.15) is 24.2 Å². The maximum Gasteiger partial charge on any atom is 0.293 e. The highest BCUT2D eigenvalue weighted by Crippen LogP contribution is 2.34. The maximum atomic E-state index is 11.7. The highest BCUT2D eigenvalue weighted by molar-refractivity contribution is 5.95. The number of nitro benzene ring substituents is 1. The van der Waals surface area contributed by atoms with Crippen molar-refractivity contribution >= 4 is 23.0 Å². The predicted molar refractivity (Wildman–Crippen MR) is 98.5 cm³/mol. The number of carbonyl (C=O) groups is 1. The second kappa shape index (κ2) is 8.19. The molecule has 2 rings (SSSR count). The van der Waals surface area contributed by atoms with Crippen molar-refractivity contribution in [3.63, 3.8) is 0 Å². The minimum absolute atomic E-state index is 0.0129. The van der Waals surface area contributed by atoms with Crippen LogP contribution in [-0.4, -0.2) is 31.1 Å². The molecule has 0 bridgehead atoms. The molecule has 0 radical (unpaired) electrons. The lowest BCUT2D eigenvalue weighted by Gasteiger charge is -2.15. The molecule has 2 aromatic rings. The van der Waals surface area contributed by atoms with Crippen molar-refractivity contribution in [1.29, 1.82) is 0 Å². The maximum absolute atomic E-state index is 11.7. The van der Waals surface area contributed by atoms with Gasteiger partial charge in [0.1, 0.15) is 5.69 Å². The summed E-state index contributed by atoms with van der Waals surface area (Å²) >= 11 is 0. The van der Waals surface area contributed by atoms with E-state index in [1.54, 1.807) is 18.2 Å². The summed E-state index contributed by atoms with van der Waals surface area (Å²) in [7, 11) is 2.99. The van der Waals surface area contributed by atoms with E-state index in [0.29, 0.717) is 17.2 Å². The van der Waals surface area contributed by atoms with Crippen LogP contribution in [0, 0.1) is 10.1 Å². The first-order valence-corrected chi connectivity index (χ1v) is 7.98. The van der Waals surface area contributed by atoms with E-state index in [2.05, 4.69) is 10.6 Å². The van der Waals surface area contributed by atoms with Gasteiger partial charge in [-0.1, -0.05) is 0 Å². The number of amides is 1. The highest BCUT2D eigenvalue weighted by atomic mass is 16.6. The summed E-state index contributed by atoms with van der Waals surface area (Å²) in [5.74, 6) is 0.697. The molecule has 0 saturated carbocycles. The zero-order valence-electron chi connectivity index (χ0n) is 15.0. The minimum atomic E-state index is -0.539. The number of carbonyl (C=O) groups excluding carboxylic acids is 1. The summed E-state index contributed by atoms with van der Waals surface area (Å²) in [6.45, 7) is 3.81. The first kappa shape index (κ1) is 19.0. The number of hydrogen-bond donors (Lipinski definition) is 2. The van der Waals surface area contributed by atoms with Crippen LogP contribution in [0.15, 0.2) is 36.4 Å². The van der Waals surface area contributed by atoms with Crippen LogP contribution in [0.2, 0.25) is 0 Å². The molecule has 8 nitrogen and oxygen atoms in total. The average Bonchev–Trinajstić information content (AvgIpc) is 2.61. The smallest absolute Gasteiger partial charge is 0.293 e. The molecule has 0 atom stereocenters. The Labute approximate surface area is 151 Å². The van der Waals surface area contributed by atoms with Crippen LogP contribution in [-0.2, 0) is 0 Å². The van der Waals surface area contributed by atoms with Gasteiger partial charge in [0.15, 0.2) is 11.5 Å². The Kier molecular flexibility index (Phi) is 6.00. The number of nitro groups is 1. The summed E-state index contributed by atoms with van der Waals surface area (Å²) in [4.78, 5) is 22.5. The van der Waals surface area contributed by atoms with Gasteiger partial charge in [0, 0.05) is 30.4 Å². The van der Waals surface area contributed by atoms with E-state index in [-0.39, 0.29) is 23.0 Å². The molecule has 8 heteroatoms. The third-order valence-electron chi connectivity index (χ3n) is 3.49. The quantitative estimate of drug-likeness (QED) is 0.579. The largest absolute Gasteiger partial charge is 0.493 e. The van der Waals surface area contributed by atoms with E-state index in [9.17, 15) is 14.9 Å². The lowest BCUT2D eigenvalue weighted by atomic mass is 10.1. The van der Waals surface area contributed by atoms with Crippen molar-refractivity contribution in [2.24, 2.45) is 0 Å². The number of rotatable bonds is 7. The predicted octanol–water partition coefficient (Wildman–Crippen LogP) is 3.49. The summed E-state index contributed by atoms with van der Waals surface area (Å²) < 4.78 is 11.0. The normalized spacial score (nSPS) is 10.3. The Bertz CT molecular complexity index is 820. The summed E-state index contributed by atoms with van der Waals surface area (Å²) in [5, 5.41) is 16.8. The van der Waals surface area contributed by atoms with Crippen molar-refractivity contribution in [1.82, 2.24) is 5.32 Å². The van der Waals surface area contributed by atoms with Crippen molar-refractivity contribution in [3.8, 4) is 11.5 Å². The van der Waals surface area contributed by atoms with Gasteiger partial charge in [-0.05, 0) is 38.1 Å². The third-order valence-corrected chi connectivity index (χ3v) is 3.49. The lowest BCUT2D eigenvalue weighted by molar-refractivity contribution is -0.383. The molecule has 138 valence electrons. The molecular formula is C18H21N3O5. The number of nitrogens with one attached hydrogen (secondary N) is 2. The average molecular weight is 359 g/mol. The first-order chi connectivity index (χ1) is 12.3. The van der Waals surface area contributed by atoms with E-state index < -0.39 is 10.8 Å². The Hall–Kier alpha value is -3.29. The van der Waals surface area contributed by atoms with Gasteiger partial charge in [-0.2, -0.15) is 0 Å². The number of methoxy groups -OCH3 is 1. The Morgan fingerprint density at radius 3 is 2.46 bits per heavy atom. The molecule has 1 amide bonds. The van der Waals surface area contributed by atoms with E-state index in [1.807, 2.05) is 13.8 Å². The van der Waals surface area contributed by atoms with Gasteiger partial charge in [-0.3, -0.25) is 14.9 Å². The molecule has 0 spiro atoms. The molecule has 0 unspecified atom stereocenters.